The van der Waals surface area contributed by atoms with E-state index in [1.807, 2.05) is 18.3 Å². The van der Waals surface area contributed by atoms with Gasteiger partial charge in [0.1, 0.15) is 11.6 Å². The highest BCUT2D eigenvalue weighted by atomic mass is 16.5. The molecule has 0 saturated carbocycles. The van der Waals surface area contributed by atoms with Crippen molar-refractivity contribution in [3.63, 3.8) is 0 Å². The van der Waals surface area contributed by atoms with Gasteiger partial charge in [0.25, 0.3) is 0 Å². The standard InChI is InChI=1S/C22H27N7O/c1-5-18-19(23-6-1)14-20(28-10-12-30-13-11-28)27-21(18)29-9-2-4-17(16-29)15-26-22-24-7-3-8-25-22/h1,3,5-8,14,17H,2,4,9-13,15-16H2,(H,24,25,26). The van der Waals surface area contributed by atoms with Crippen LogP contribution in [0.25, 0.3) is 10.9 Å². The van der Waals surface area contributed by atoms with Crippen LogP contribution in [0, 0.1) is 5.92 Å². The molecule has 0 aromatic carbocycles. The van der Waals surface area contributed by atoms with E-state index in [0.29, 0.717) is 11.9 Å². The van der Waals surface area contributed by atoms with E-state index in [0.717, 1.165) is 74.9 Å². The Morgan fingerprint density at radius 1 is 1.00 bits per heavy atom. The molecule has 5 rings (SSSR count). The number of nitrogens with one attached hydrogen (secondary N) is 1. The van der Waals surface area contributed by atoms with Crippen molar-refractivity contribution in [2.75, 3.05) is 61.1 Å². The maximum Gasteiger partial charge on any atom is 0.222 e. The van der Waals surface area contributed by atoms with Crippen LogP contribution in [0.2, 0.25) is 0 Å². The van der Waals surface area contributed by atoms with E-state index >= 15 is 0 Å². The molecule has 30 heavy (non-hydrogen) atoms. The van der Waals surface area contributed by atoms with Gasteiger partial charge in [-0.05, 0) is 37.0 Å². The summed E-state index contributed by atoms with van der Waals surface area (Å²) in [5.74, 6) is 3.25. The molecule has 0 spiro atoms. The Labute approximate surface area is 176 Å². The Hall–Kier alpha value is -3.00. The Balaban J connectivity index is 1.38. The van der Waals surface area contributed by atoms with Gasteiger partial charge in [-0.15, -0.1) is 0 Å². The van der Waals surface area contributed by atoms with Gasteiger partial charge in [-0.2, -0.15) is 0 Å². The first-order chi connectivity index (χ1) is 14.9. The van der Waals surface area contributed by atoms with Crippen LogP contribution in [-0.4, -0.2) is 65.9 Å². The smallest absolute Gasteiger partial charge is 0.222 e. The summed E-state index contributed by atoms with van der Waals surface area (Å²) >= 11 is 0. The molecule has 8 heteroatoms. The van der Waals surface area contributed by atoms with Crippen LogP contribution in [0.4, 0.5) is 17.6 Å². The van der Waals surface area contributed by atoms with Crippen LogP contribution >= 0.6 is 0 Å². The molecule has 1 unspecified atom stereocenters. The van der Waals surface area contributed by atoms with Crippen molar-refractivity contribution in [1.82, 2.24) is 19.9 Å². The molecule has 5 heterocycles. The molecule has 2 aliphatic heterocycles. The molecule has 0 aliphatic carbocycles. The van der Waals surface area contributed by atoms with E-state index in [2.05, 4.69) is 42.2 Å². The zero-order valence-corrected chi connectivity index (χ0v) is 17.1. The number of rotatable bonds is 5. The second-order valence-corrected chi connectivity index (χ2v) is 7.88. The van der Waals surface area contributed by atoms with Gasteiger partial charge >= 0.3 is 0 Å². The molecule has 8 nitrogen and oxygen atoms in total. The van der Waals surface area contributed by atoms with Gasteiger partial charge in [0.15, 0.2) is 0 Å². The van der Waals surface area contributed by atoms with Gasteiger partial charge in [-0.25, -0.2) is 15.0 Å². The van der Waals surface area contributed by atoms with Crippen LogP contribution in [0.5, 0.6) is 0 Å². The molecular formula is C22H27N7O. The first-order valence-corrected chi connectivity index (χ1v) is 10.7. The van der Waals surface area contributed by atoms with Crippen molar-refractivity contribution < 1.29 is 4.74 Å². The highest BCUT2D eigenvalue weighted by Gasteiger charge is 2.24. The highest BCUT2D eigenvalue weighted by Crippen LogP contribution is 2.31. The quantitative estimate of drug-likeness (QED) is 0.694. The van der Waals surface area contributed by atoms with E-state index in [4.69, 9.17) is 9.72 Å². The third-order valence-electron chi connectivity index (χ3n) is 5.83. The molecule has 0 amide bonds. The average Bonchev–Trinajstić information content (AvgIpc) is 2.83. The summed E-state index contributed by atoms with van der Waals surface area (Å²) in [6.45, 7) is 6.07. The fourth-order valence-electron chi connectivity index (χ4n) is 4.29. The Morgan fingerprint density at radius 2 is 1.83 bits per heavy atom. The van der Waals surface area contributed by atoms with Gasteiger partial charge in [0.05, 0.1) is 18.7 Å². The molecule has 3 aromatic heterocycles. The predicted octanol–water partition coefficient (Wildman–Crippen LogP) is 2.58. The molecule has 2 saturated heterocycles. The zero-order valence-electron chi connectivity index (χ0n) is 17.1. The third kappa shape index (κ3) is 4.14. The lowest BCUT2D eigenvalue weighted by Crippen LogP contribution is -2.40. The number of ether oxygens (including phenoxy) is 1. The van der Waals surface area contributed by atoms with Crippen LogP contribution in [-0.2, 0) is 4.74 Å². The molecule has 2 fully saturated rings. The number of anilines is 3. The van der Waals surface area contributed by atoms with Crippen molar-refractivity contribution in [2.45, 2.75) is 12.8 Å². The van der Waals surface area contributed by atoms with Crippen LogP contribution in [0.15, 0.2) is 42.9 Å². The fraction of sp³-hybridized carbons (Fsp3) is 0.455. The summed E-state index contributed by atoms with van der Waals surface area (Å²) < 4.78 is 5.52. The topological polar surface area (TPSA) is 79.3 Å². The zero-order chi connectivity index (χ0) is 20.2. The number of nitrogens with zero attached hydrogens (tertiary/aromatic N) is 6. The summed E-state index contributed by atoms with van der Waals surface area (Å²) in [5.41, 5.74) is 1.00. The fourth-order valence-corrected chi connectivity index (χ4v) is 4.29. The van der Waals surface area contributed by atoms with Crippen LogP contribution in [0.1, 0.15) is 12.8 Å². The number of pyridine rings is 2. The monoisotopic (exact) mass is 405 g/mol. The van der Waals surface area contributed by atoms with E-state index in [9.17, 15) is 0 Å². The number of fused-ring (bicyclic) bond motifs is 1. The Kier molecular flexibility index (Phi) is 5.56. The number of morpholine rings is 1. The average molecular weight is 406 g/mol. The van der Waals surface area contributed by atoms with Gasteiger partial charge in [0, 0.05) is 62.8 Å². The normalized spacial score (nSPS) is 19.8. The second kappa shape index (κ2) is 8.79. The van der Waals surface area contributed by atoms with Crippen LogP contribution < -0.4 is 15.1 Å². The van der Waals surface area contributed by atoms with Crippen molar-refractivity contribution in [3.05, 3.63) is 42.9 Å². The lowest BCUT2D eigenvalue weighted by Gasteiger charge is -2.35. The number of aromatic nitrogens is 4. The lowest BCUT2D eigenvalue weighted by atomic mass is 9.97. The maximum atomic E-state index is 5.52. The van der Waals surface area contributed by atoms with E-state index in [1.165, 1.54) is 6.42 Å². The lowest BCUT2D eigenvalue weighted by molar-refractivity contribution is 0.122. The van der Waals surface area contributed by atoms with Crippen LogP contribution in [0.3, 0.4) is 0 Å². The maximum absolute atomic E-state index is 5.52. The Bertz CT molecular complexity index is 978. The summed E-state index contributed by atoms with van der Waals surface area (Å²) in [7, 11) is 0. The van der Waals surface area contributed by atoms with Gasteiger partial charge in [-0.1, -0.05) is 0 Å². The first-order valence-electron chi connectivity index (χ1n) is 10.7. The minimum Gasteiger partial charge on any atom is -0.378 e. The third-order valence-corrected chi connectivity index (χ3v) is 5.83. The highest BCUT2D eigenvalue weighted by molar-refractivity contribution is 5.91. The molecule has 3 aromatic rings. The molecule has 156 valence electrons. The van der Waals surface area contributed by atoms with E-state index < -0.39 is 0 Å². The predicted molar refractivity (Wildman–Crippen MR) is 118 cm³/mol. The van der Waals surface area contributed by atoms with Gasteiger partial charge in [-0.3, -0.25) is 4.98 Å². The van der Waals surface area contributed by atoms with Crippen molar-refractivity contribution in [3.8, 4) is 0 Å². The number of piperidine rings is 1. The number of hydrogen-bond acceptors (Lipinski definition) is 8. The van der Waals surface area contributed by atoms with E-state index in [1.54, 1.807) is 12.4 Å². The summed E-state index contributed by atoms with van der Waals surface area (Å²) in [5, 5.41) is 4.50. The van der Waals surface area contributed by atoms with E-state index in [-0.39, 0.29) is 0 Å². The molecule has 1 N–H and O–H groups in total. The molecule has 2 aliphatic rings. The van der Waals surface area contributed by atoms with Crippen molar-refractivity contribution >= 4 is 28.5 Å². The molecule has 0 bridgehead atoms. The largest absolute Gasteiger partial charge is 0.378 e. The van der Waals surface area contributed by atoms with Gasteiger partial charge in [0.2, 0.25) is 5.95 Å². The first kappa shape index (κ1) is 19.0. The summed E-state index contributed by atoms with van der Waals surface area (Å²) in [4.78, 5) is 23.0. The summed E-state index contributed by atoms with van der Waals surface area (Å²) in [6, 6.07) is 8.07. The van der Waals surface area contributed by atoms with Crippen molar-refractivity contribution in [1.29, 1.82) is 0 Å². The second-order valence-electron chi connectivity index (χ2n) is 7.88. The van der Waals surface area contributed by atoms with Gasteiger partial charge < -0.3 is 19.9 Å². The minimum atomic E-state index is 0.517. The molecular weight excluding hydrogens is 378 g/mol. The summed E-state index contributed by atoms with van der Waals surface area (Å²) in [6.07, 6.45) is 7.73. The molecule has 1 atom stereocenters. The van der Waals surface area contributed by atoms with Crippen molar-refractivity contribution in [2.24, 2.45) is 5.92 Å². The molecule has 0 radical (unpaired) electrons. The Morgan fingerprint density at radius 3 is 2.70 bits per heavy atom. The number of hydrogen-bond donors (Lipinski definition) is 1. The SMILES string of the molecule is c1cnc(NCC2CCCN(c3nc(N4CCOCC4)cc4ncccc34)C2)nc1. The minimum absolute atomic E-state index is 0.517.